The number of hydrogen-bond donors (Lipinski definition) is 2. The summed E-state index contributed by atoms with van der Waals surface area (Å²) in [5, 5.41) is 5.31. The van der Waals surface area contributed by atoms with E-state index >= 15 is 0 Å². The molecular weight excluding hydrogens is 302 g/mol. The van der Waals surface area contributed by atoms with E-state index in [1.54, 1.807) is 18.2 Å². The number of benzene rings is 2. The summed E-state index contributed by atoms with van der Waals surface area (Å²) >= 11 is 0. The standard InChI is InChI=1S/C17H18F2N2O2/c1-2-23-15-9-4-3-8-14(15)21-16(22)10-11-20-17-12(18)6-5-7-13(17)19/h3-9,20H,2,10-11H2,1H3,(H,21,22). The highest BCUT2D eigenvalue weighted by atomic mass is 19.1. The van der Waals surface area contributed by atoms with Crippen LogP contribution in [-0.4, -0.2) is 19.1 Å². The smallest absolute Gasteiger partial charge is 0.226 e. The number of amides is 1. The summed E-state index contributed by atoms with van der Waals surface area (Å²) in [6, 6.07) is 10.7. The van der Waals surface area contributed by atoms with Crippen LogP contribution in [0.3, 0.4) is 0 Å². The summed E-state index contributed by atoms with van der Waals surface area (Å²) in [4.78, 5) is 11.9. The molecule has 0 atom stereocenters. The van der Waals surface area contributed by atoms with Crippen molar-refractivity contribution < 1.29 is 18.3 Å². The molecule has 0 aliphatic heterocycles. The molecule has 2 aromatic carbocycles. The van der Waals surface area contributed by atoms with Gasteiger partial charge in [-0.3, -0.25) is 4.79 Å². The Balaban J connectivity index is 1.89. The average Bonchev–Trinajstić information content (AvgIpc) is 2.52. The topological polar surface area (TPSA) is 50.4 Å². The van der Waals surface area contributed by atoms with Crippen LogP contribution in [0.15, 0.2) is 42.5 Å². The number of anilines is 2. The zero-order valence-corrected chi connectivity index (χ0v) is 12.7. The van der Waals surface area contributed by atoms with Gasteiger partial charge < -0.3 is 15.4 Å². The zero-order chi connectivity index (χ0) is 16.7. The van der Waals surface area contributed by atoms with Gasteiger partial charge in [-0.2, -0.15) is 0 Å². The Morgan fingerprint density at radius 1 is 1.09 bits per heavy atom. The summed E-state index contributed by atoms with van der Waals surface area (Å²) in [5.41, 5.74) is 0.339. The van der Waals surface area contributed by atoms with E-state index in [2.05, 4.69) is 10.6 Å². The van der Waals surface area contributed by atoms with E-state index in [4.69, 9.17) is 4.74 Å². The number of carbonyl (C=O) groups is 1. The lowest BCUT2D eigenvalue weighted by molar-refractivity contribution is -0.116. The van der Waals surface area contributed by atoms with Crippen LogP contribution in [0.25, 0.3) is 0 Å². The molecule has 0 bridgehead atoms. The second-order valence-electron chi connectivity index (χ2n) is 4.75. The molecule has 0 fully saturated rings. The molecule has 0 aliphatic rings. The predicted octanol–water partition coefficient (Wildman–Crippen LogP) is 3.80. The Bertz CT molecular complexity index is 657. The quantitative estimate of drug-likeness (QED) is 0.816. The lowest BCUT2D eigenvalue weighted by Gasteiger charge is -2.12. The Morgan fingerprint density at radius 3 is 2.48 bits per heavy atom. The Hall–Kier alpha value is -2.63. The van der Waals surface area contributed by atoms with Crippen LogP contribution < -0.4 is 15.4 Å². The first-order valence-corrected chi connectivity index (χ1v) is 7.31. The summed E-state index contributed by atoms with van der Waals surface area (Å²) in [6.07, 6.45) is 0.0637. The van der Waals surface area contributed by atoms with Crippen LogP contribution in [0.5, 0.6) is 5.75 Å². The van der Waals surface area contributed by atoms with Gasteiger partial charge >= 0.3 is 0 Å². The number of halogens is 2. The van der Waals surface area contributed by atoms with Crippen molar-refractivity contribution in [3.8, 4) is 5.75 Å². The molecule has 0 saturated carbocycles. The second kappa shape index (κ2) is 8.12. The van der Waals surface area contributed by atoms with Crippen molar-refractivity contribution in [1.29, 1.82) is 0 Å². The van der Waals surface area contributed by atoms with E-state index < -0.39 is 11.6 Å². The summed E-state index contributed by atoms with van der Waals surface area (Å²) < 4.78 is 32.3. The zero-order valence-electron chi connectivity index (χ0n) is 12.7. The molecule has 122 valence electrons. The van der Waals surface area contributed by atoms with Crippen molar-refractivity contribution in [3.63, 3.8) is 0 Å². The fourth-order valence-corrected chi connectivity index (χ4v) is 2.03. The Labute approximate surface area is 133 Å². The molecule has 1 amide bonds. The number of ether oxygens (including phenoxy) is 1. The molecule has 2 N–H and O–H groups in total. The second-order valence-corrected chi connectivity index (χ2v) is 4.75. The van der Waals surface area contributed by atoms with E-state index in [-0.39, 0.29) is 24.6 Å². The molecule has 0 aliphatic carbocycles. The van der Waals surface area contributed by atoms with Crippen LogP contribution in [0.1, 0.15) is 13.3 Å². The van der Waals surface area contributed by atoms with Crippen LogP contribution in [0.4, 0.5) is 20.2 Å². The first-order chi connectivity index (χ1) is 11.1. The highest BCUT2D eigenvalue weighted by Crippen LogP contribution is 2.23. The molecule has 2 aromatic rings. The summed E-state index contributed by atoms with van der Waals surface area (Å²) in [7, 11) is 0. The Morgan fingerprint density at radius 2 is 1.78 bits per heavy atom. The maximum absolute atomic E-state index is 13.4. The fourth-order valence-electron chi connectivity index (χ4n) is 2.03. The van der Waals surface area contributed by atoms with Crippen molar-refractivity contribution in [3.05, 3.63) is 54.1 Å². The highest BCUT2D eigenvalue weighted by Gasteiger charge is 2.10. The van der Waals surface area contributed by atoms with E-state index in [0.29, 0.717) is 18.0 Å². The molecule has 0 spiro atoms. The van der Waals surface area contributed by atoms with E-state index in [1.165, 1.54) is 6.07 Å². The number of hydrogen-bond acceptors (Lipinski definition) is 3. The molecular formula is C17H18F2N2O2. The van der Waals surface area contributed by atoms with Gasteiger partial charge in [0.25, 0.3) is 0 Å². The predicted molar refractivity (Wildman–Crippen MR) is 85.7 cm³/mol. The first-order valence-electron chi connectivity index (χ1n) is 7.31. The van der Waals surface area contributed by atoms with Crippen LogP contribution in [0, 0.1) is 11.6 Å². The molecule has 0 radical (unpaired) electrons. The highest BCUT2D eigenvalue weighted by molar-refractivity contribution is 5.92. The molecule has 6 heteroatoms. The maximum atomic E-state index is 13.4. The third kappa shape index (κ3) is 4.67. The first kappa shape index (κ1) is 16.7. The van der Waals surface area contributed by atoms with Crippen molar-refractivity contribution in [2.45, 2.75) is 13.3 Å². The third-order valence-electron chi connectivity index (χ3n) is 3.08. The molecule has 2 rings (SSSR count). The van der Waals surface area contributed by atoms with Crippen LogP contribution >= 0.6 is 0 Å². The van der Waals surface area contributed by atoms with Crippen molar-refractivity contribution in [1.82, 2.24) is 0 Å². The number of carbonyl (C=O) groups excluding carboxylic acids is 1. The van der Waals surface area contributed by atoms with Gasteiger partial charge in [0.15, 0.2) is 0 Å². The largest absolute Gasteiger partial charge is 0.492 e. The molecule has 0 heterocycles. The van der Waals surface area contributed by atoms with Crippen molar-refractivity contribution in [2.24, 2.45) is 0 Å². The Kier molecular flexibility index (Phi) is 5.91. The van der Waals surface area contributed by atoms with Crippen LogP contribution in [-0.2, 0) is 4.79 Å². The van der Waals surface area contributed by atoms with Crippen LogP contribution in [0.2, 0.25) is 0 Å². The monoisotopic (exact) mass is 320 g/mol. The molecule has 0 unspecified atom stereocenters. The normalized spacial score (nSPS) is 10.2. The van der Waals surface area contributed by atoms with Gasteiger partial charge in [-0.25, -0.2) is 8.78 Å². The lowest BCUT2D eigenvalue weighted by atomic mass is 10.2. The van der Waals surface area contributed by atoms with E-state index in [9.17, 15) is 13.6 Å². The lowest BCUT2D eigenvalue weighted by Crippen LogP contribution is -2.17. The van der Waals surface area contributed by atoms with Gasteiger partial charge in [0.05, 0.1) is 12.3 Å². The van der Waals surface area contributed by atoms with Gasteiger partial charge in [0.2, 0.25) is 5.91 Å². The van der Waals surface area contributed by atoms with Gasteiger partial charge in [0.1, 0.15) is 23.1 Å². The van der Waals surface area contributed by atoms with Crippen molar-refractivity contribution in [2.75, 3.05) is 23.8 Å². The minimum atomic E-state index is -0.688. The van der Waals surface area contributed by atoms with Gasteiger partial charge in [0, 0.05) is 13.0 Å². The van der Waals surface area contributed by atoms with Gasteiger partial charge in [-0.1, -0.05) is 18.2 Å². The minimum Gasteiger partial charge on any atom is -0.492 e. The average molecular weight is 320 g/mol. The summed E-state index contributed by atoms with van der Waals surface area (Å²) in [6.45, 7) is 2.45. The van der Waals surface area contributed by atoms with Gasteiger partial charge in [-0.05, 0) is 31.2 Å². The van der Waals surface area contributed by atoms with Gasteiger partial charge in [-0.15, -0.1) is 0 Å². The number of para-hydroxylation sites is 3. The number of nitrogens with one attached hydrogen (secondary N) is 2. The summed E-state index contributed by atoms with van der Waals surface area (Å²) in [5.74, 6) is -1.07. The third-order valence-corrected chi connectivity index (χ3v) is 3.08. The fraction of sp³-hybridized carbons (Fsp3) is 0.235. The minimum absolute atomic E-state index is 0.0637. The SMILES string of the molecule is CCOc1ccccc1NC(=O)CCNc1c(F)cccc1F. The van der Waals surface area contributed by atoms with Crippen molar-refractivity contribution >= 4 is 17.3 Å². The molecule has 0 saturated heterocycles. The van der Waals surface area contributed by atoms with E-state index in [1.807, 2.05) is 13.0 Å². The van der Waals surface area contributed by atoms with E-state index in [0.717, 1.165) is 12.1 Å². The maximum Gasteiger partial charge on any atom is 0.226 e. The molecule has 4 nitrogen and oxygen atoms in total. The molecule has 23 heavy (non-hydrogen) atoms. The molecule has 0 aromatic heterocycles. The number of rotatable bonds is 7.